The average Bonchev–Trinajstić information content (AvgIpc) is 3.33. The summed E-state index contributed by atoms with van der Waals surface area (Å²) in [7, 11) is 0. The summed E-state index contributed by atoms with van der Waals surface area (Å²) in [5, 5.41) is 40.6. The van der Waals surface area contributed by atoms with E-state index < -0.39 is 37.0 Å². The summed E-state index contributed by atoms with van der Waals surface area (Å²) in [5.74, 6) is -1.36. The summed E-state index contributed by atoms with van der Waals surface area (Å²) in [6.07, 6.45) is 27.9. The highest BCUT2D eigenvalue weighted by atomic mass is 16.6. The van der Waals surface area contributed by atoms with Crippen molar-refractivity contribution in [2.45, 2.75) is 186 Å². The molecule has 0 spiro atoms. The largest absolute Gasteiger partial charge is 0.461 e. The van der Waals surface area contributed by atoms with Gasteiger partial charge in [0.05, 0.1) is 31.3 Å². The highest BCUT2D eigenvalue weighted by molar-refractivity contribution is 5.71. The van der Waals surface area contributed by atoms with Crippen LogP contribution < -0.4 is 0 Å². The fraction of sp³-hybridized carbons (Fsp3) is 0.846. The predicted octanol–water partition coefficient (Wildman–Crippen LogP) is 7.89. The Morgan fingerprint density at radius 3 is 1.87 bits per heavy atom. The van der Waals surface area contributed by atoms with Crippen molar-refractivity contribution in [3.8, 4) is 0 Å². The summed E-state index contributed by atoms with van der Waals surface area (Å²) in [4.78, 5) is 24.4. The lowest BCUT2D eigenvalue weighted by Crippen LogP contribution is -2.28. The molecule has 6 atom stereocenters. The number of hydrogen-bond acceptors (Lipinski definition) is 8. The Morgan fingerprint density at radius 1 is 0.745 bits per heavy atom. The van der Waals surface area contributed by atoms with Crippen LogP contribution in [0.4, 0.5) is 0 Å². The second-order valence-corrected chi connectivity index (χ2v) is 13.6. The maximum Gasteiger partial charge on any atom is 0.309 e. The van der Waals surface area contributed by atoms with Gasteiger partial charge in [-0.25, -0.2) is 0 Å². The minimum Gasteiger partial charge on any atom is -0.461 e. The highest BCUT2D eigenvalue weighted by Crippen LogP contribution is 2.36. The lowest BCUT2D eigenvalue weighted by Gasteiger charge is -2.19. The molecule has 1 saturated carbocycles. The monoisotopic (exact) mass is 667 g/mol. The molecule has 0 bridgehead atoms. The third-order valence-corrected chi connectivity index (χ3v) is 9.35. The molecule has 0 aromatic carbocycles. The molecule has 0 aromatic heterocycles. The lowest BCUT2D eigenvalue weighted by atomic mass is 9.89. The normalized spacial score (nSPS) is 21.1. The minimum atomic E-state index is -0.883. The number of allylic oxidation sites excluding steroid dienone is 1. The van der Waals surface area contributed by atoms with Crippen LogP contribution in [0.25, 0.3) is 0 Å². The third kappa shape index (κ3) is 22.5. The molecular formula is C39H70O8. The number of hydrogen-bond donors (Lipinski definition) is 4. The molecule has 8 heteroatoms. The first-order valence-corrected chi connectivity index (χ1v) is 19.2. The van der Waals surface area contributed by atoms with Crippen LogP contribution >= 0.6 is 0 Å². The molecule has 274 valence electrons. The topological polar surface area (TPSA) is 134 Å². The van der Waals surface area contributed by atoms with Crippen LogP contribution in [0.1, 0.15) is 162 Å². The molecule has 1 rings (SSSR count). The molecule has 0 aromatic rings. The van der Waals surface area contributed by atoms with Crippen molar-refractivity contribution in [1.82, 2.24) is 0 Å². The molecule has 4 N–H and O–H groups in total. The van der Waals surface area contributed by atoms with E-state index in [1.165, 1.54) is 77.0 Å². The van der Waals surface area contributed by atoms with Gasteiger partial charge in [-0.2, -0.15) is 0 Å². The summed E-state index contributed by atoms with van der Waals surface area (Å²) in [5.41, 5.74) is 0. The lowest BCUT2D eigenvalue weighted by molar-refractivity contribution is -0.161. The third-order valence-electron chi connectivity index (χ3n) is 9.35. The molecule has 47 heavy (non-hydrogen) atoms. The SMILES string of the molecule is CCCCCCCCCCCCCCCCCC(=O)O[C@@H](CO)COC(=O)C/C=C\C[C@H]1[C@@H](/C=C/[C@H](O)CCCCC)[C@H](O)C[C@@H]1O. The van der Waals surface area contributed by atoms with E-state index in [1.54, 1.807) is 18.2 Å². The molecule has 1 aliphatic carbocycles. The number of carbonyl (C=O) groups excluding carboxylic acids is 2. The van der Waals surface area contributed by atoms with Crippen LogP contribution in [-0.2, 0) is 19.1 Å². The first-order valence-electron chi connectivity index (χ1n) is 19.2. The van der Waals surface area contributed by atoms with Gasteiger partial charge in [0, 0.05) is 18.8 Å². The standard InChI is InChI=1S/C39H70O8/c1-3-5-7-8-9-10-11-12-13-14-15-16-17-18-20-26-39(45)47-33(30-40)31-46-38(44)25-22-21-24-34-35(37(43)29-36(34)42)28-27-32(41)23-19-6-4-2/h21-22,27-28,32-37,40-43H,3-20,23-26,29-31H2,1-2H3/b22-21-,28-27+/t32-,33+,34+,35-,36+,37-/m1/s1. The zero-order valence-electron chi connectivity index (χ0n) is 29.9. The van der Waals surface area contributed by atoms with Crippen molar-refractivity contribution in [3.05, 3.63) is 24.3 Å². The summed E-state index contributed by atoms with van der Waals surface area (Å²) >= 11 is 0. The van der Waals surface area contributed by atoms with E-state index in [0.717, 1.165) is 38.5 Å². The zero-order chi connectivity index (χ0) is 34.5. The van der Waals surface area contributed by atoms with Gasteiger partial charge in [0.2, 0.25) is 0 Å². The van der Waals surface area contributed by atoms with E-state index in [2.05, 4.69) is 13.8 Å². The van der Waals surface area contributed by atoms with Crippen molar-refractivity contribution in [2.24, 2.45) is 11.8 Å². The Labute approximate surface area is 286 Å². The number of aliphatic hydroxyl groups is 4. The summed E-state index contributed by atoms with van der Waals surface area (Å²) in [6.45, 7) is 3.75. The molecular weight excluding hydrogens is 596 g/mol. The Hall–Kier alpha value is -1.74. The minimum absolute atomic E-state index is 0.00718. The number of aliphatic hydroxyl groups excluding tert-OH is 4. The maximum atomic E-state index is 12.2. The van der Waals surface area contributed by atoms with E-state index in [1.807, 2.05) is 6.08 Å². The van der Waals surface area contributed by atoms with Gasteiger partial charge in [-0.15, -0.1) is 0 Å². The van der Waals surface area contributed by atoms with Crippen LogP contribution in [0, 0.1) is 11.8 Å². The molecule has 8 nitrogen and oxygen atoms in total. The second kappa shape index (κ2) is 29.2. The summed E-state index contributed by atoms with van der Waals surface area (Å²) in [6, 6.07) is 0. The van der Waals surface area contributed by atoms with E-state index in [-0.39, 0.29) is 37.3 Å². The van der Waals surface area contributed by atoms with Crippen molar-refractivity contribution < 1.29 is 39.5 Å². The van der Waals surface area contributed by atoms with E-state index >= 15 is 0 Å². The Bertz CT molecular complexity index is 828. The number of esters is 2. The maximum absolute atomic E-state index is 12.2. The molecule has 0 amide bonds. The summed E-state index contributed by atoms with van der Waals surface area (Å²) < 4.78 is 10.5. The van der Waals surface area contributed by atoms with Crippen LogP contribution in [-0.4, -0.2) is 70.0 Å². The first-order chi connectivity index (χ1) is 22.8. The fourth-order valence-electron chi connectivity index (χ4n) is 6.35. The second-order valence-electron chi connectivity index (χ2n) is 13.6. The van der Waals surface area contributed by atoms with Crippen LogP contribution in [0.3, 0.4) is 0 Å². The van der Waals surface area contributed by atoms with Gasteiger partial charge in [-0.3, -0.25) is 9.59 Å². The van der Waals surface area contributed by atoms with Crippen LogP contribution in [0.2, 0.25) is 0 Å². The molecule has 0 aliphatic heterocycles. The van der Waals surface area contributed by atoms with Crippen molar-refractivity contribution >= 4 is 11.9 Å². The van der Waals surface area contributed by atoms with Gasteiger partial charge in [-0.05, 0) is 25.2 Å². The van der Waals surface area contributed by atoms with E-state index in [0.29, 0.717) is 19.3 Å². The molecule has 0 heterocycles. The molecule has 0 saturated heterocycles. The zero-order valence-corrected chi connectivity index (χ0v) is 29.9. The van der Waals surface area contributed by atoms with Crippen molar-refractivity contribution in [2.75, 3.05) is 13.2 Å². The van der Waals surface area contributed by atoms with Gasteiger partial charge >= 0.3 is 11.9 Å². The number of rotatable bonds is 30. The van der Waals surface area contributed by atoms with Gasteiger partial charge in [0.1, 0.15) is 6.61 Å². The number of unbranched alkanes of at least 4 members (excludes halogenated alkanes) is 16. The van der Waals surface area contributed by atoms with Crippen LogP contribution in [0.15, 0.2) is 24.3 Å². The molecule has 1 fully saturated rings. The van der Waals surface area contributed by atoms with Gasteiger partial charge < -0.3 is 29.9 Å². The quantitative estimate of drug-likeness (QED) is 0.0346. The Balaban J connectivity index is 2.16. The molecule has 0 radical (unpaired) electrons. The van der Waals surface area contributed by atoms with E-state index in [9.17, 15) is 30.0 Å². The van der Waals surface area contributed by atoms with Gasteiger partial charge in [-0.1, -0.05) is 147 Å². The van der Waals surface area contributed by atoms with E-state index in [4.69, 9.17) is 9.47 Å². The first kappa shape index (κ1) is 43.3. The van der Waals surface area contributed by atoms with Crippen molar-refractivity contribution in [1.29, 1.82) is 0 Å². The smallest absolute Gasteiger partial charge is 0.309 e. The average molecular weight is 667 g/mol. The highest BCUT2D eigenvalue weighted by Gasteiger charge is 2.39. The fourth-order valence-corrected chi connectivity index (χ4v) is 6.35. The van der Waals surface area contributed by atoms with Crippen molar-refractivity contribution in [3.63, 3.8) is 0 Å². The number of carbonyl (C=O) groups is 2. The van der Waals surface area contributed by atoms with Gasteiger partial charge in [0.15, 0.2) is 6.10 Å². The van der Waals surface area contributed by atoms with Crippen LogP contribution in [0.5, 0.6) is 0 Å². The Morgan fingerprint density at radius 2 is 1.30 bits per heavy atom. The molecule has 1 aliphatic rings. The Kier molecular flexibility index (Phi) is 26.9. The molecule has 0 unspecified atom stereocenters. The predicted molar refractivity (Wildman–Crippen MR) is 189 cm³/mol. The number of ether oxygens (including phenoxy) is 2. The van der Waals surface area contributed by atoms with Gasteiger partial charge in [0.25, 0.3) is 0 Å².